The third-order valence-electron chi connectivity index (χ3n) is 5.66. The van der Waals surface area contributed by atoms with E-state index in [-0.39, 0.29) is 11.8 Å². The number of carbonyl (C=O) groups excluding carboxylic acids is 1. The van der Waals surface area contributed by atoms with Gasteiger partial charge in [0.25, 0.3) is 0 Å². The highest BCUT2D eigenvalue weighted by Gasteiger charge is 2.24. The first-order valence-corrected chi connectivity index (χ1v) is 10.6. The molecule has 0 bridgehead atoms. The number of esters is 1. The van der Waals surface area contributed by atoms with Crippen molar-refractivity contribution in [1.82, 2.24) is 15.2 Å². The summed E-state index contributed by atoms with van der Waals surface area (Å²) in [5.41, 5.74) is 4.97. The van der Waals surface area contributed by atoms with Crippen LogP contribution in [0.15, 0.2) is 48.5 Å². The molecule has 0 radical (unpaired) electrons. The van der Waals surface area contributed by atoms with Crippen LogP contribution in [-0.4, -0.2) is 36.3 Å². The maximum atomic E-state index is 13.3. The predicted octanol–water partition coefficient (Wildman–Crippen LogP) is 3.39. The van der Waals surface area contributed by atoms with Gasteiger partial charge in [0.15, 0.2) is 0 Å². The smallest absolute Gasteiger partial charge is 0.307 e. The van der Waals surface area contributed by atoms with E-state index in [0.717, 1.165) is 31.6 Å². The van der Waals surface area contributed by atoms with Gasteiger partial charge in [0.05, 0.1) is 13.0 Å². The molecule has 1 aromatic heterocycles. The Morgan fingerprint density at radius 2 is 2.03 bits per heavy atom. The van der Waals surface area contributed by atoms with Crippen LogP contribution in [0.4, 0.5) is 4.39 Å². The first-order chi connectivity index (χ1) is 14.7. The molecule has 0 amide bonds. The van der Waals surface area contributed by atoms with Gasteiger partial charge in [0.2, 0.25) is 0 Å². The van der Waals surface area contributed by atoms with Crippen molar-refractivity contribution in [2.45, 2.75) is 38.9 Å². The molecule has 30 heavy (non-hydrogen) atoms. The van der Waals surface area contributed by atoms with Crippen molar-refractivity contribution in [2.75, 3.05) is 19.7 Å². The Balaban J connectivity index is 1.48. The lowest BCUT2D eigenvalue weighted by Gasteiger charge is -2.26. The Labute approximate surface area is 176 Å². The normalized spacial score (nSPS) is 15.9. The lowest BCUT2D eigenvalue weighted by atomic mass is 9.98. The van der Waals surface area contributed by atoms with Gasteiger partial charge in [0, 0.05) is 48.8 Å². The van der Waals surface area contributed by atoms with Gasteiger partial charge in [-0.2, -0.15) is 0 Å². The number of para-hydroxylation sites is 1. The van der Waals surface area contributed by atoms with Gasteiger partial charge in [-0.1, -0.05) is 30.3 Å². The average Bonchev–Trinajstić information content (AvgIpc) is 3.06. The summed E-state index contributed by atoms with van der Waals surface area (Å²) in [6.45, 7) is 5.18. The zero-order valence-corrected chi connectivity index (χ0v) is 17.3. The predicted molar refractivity (Wildman–Crippen MR) is 116 cm³/mol. The summed E-state index contributed by atoms with van der Waals surface area (Å²) in [6, 6.07) is 15.5. The molecule has 5 nitrogen and oxygen atoms in total. The zero-order valence-electron chi connectivity index (χ0n) is 17.3. The van der Waals surface area contributed by atoms with Crippen LogP contribution >= 0.6 is 0 Å². The molecule has 3 aromatic rings. The van der Waals surface area contributed by atoms with E-state index in [4.69, 9.17) is 4.74 Å². The van der Waals surface area contributed by atoms with Crippen molar-refractivity contribution in [1.29, 1.82) is 0 Å². The summed E-state index contributed by atoms with van der Waals surface area (Å²) in [4.78, 5) is 11.5. The number of carbonyl (C=O) groups is 1. The molecular weight excluding hydrogens is 381 g/mol. The second kappa shape index (κ2) is 9.41. The lowest BCUT2D eigenvalue weighted by Crippen LogP contribution is -2.43. The summed E-state index contributed by atoms with van der Waals surface area (Å²) in [5.74, 6) is -0.370. The molecule has 158 valence electrons. The molecule has 0 saturated carbocycles. The van der Waals surface area contributed by atoms with Gasteiger partial charge in [-0.3, -0.25) is 4.79 Å². The number of fused-ring (bicyclic) bond motifs is 3. The Bertz CT molecular complexity index is 1010. The van der Waals surface area contributed by atoms with Crippen LogP contribution in [0.3, 0.4) is 0 Å². The first kappa shape index (κ1) is 20.6. The van der Waals surface area contributed by atoms with E-state index in [0.29, 0.717) is 25.6 Å². The third kappa shape index (κ3) is 4.55. The molecule has 0 fully saturated rings. The summed E-state index contributed by atoms with van der Waals surface area (Å²) in [5, 5.41) is 8.28. The van der Waals surface area contributed by atoms with Crippen molar-refractivity contribution in [3.8, 4) is 0 Å². The molecule has 2 heterocycles. The molecule has 1 unspecified atom stereocenters. The SMILES string of the molecule is CCOC(=O)CCNCC1Cc2c(n(Cc3ccc(F)cc3)c3ccccc23)CN1. The minimum Gasteiger partial charge on any atom is -0.466 e. The Kier molecular flexibility index (Phi) is 6.45. The van der Waals surface area contributed by atoms with Crippen molar-refractivity contribution in [3.63, 3.8) is 0 Å². The first-order valence-electron chi connectivity index (χ1n) is 10.6. The highest BCUT2D eigenvalue weighted by Crippen LogP contribution is 2.30. The van der Waals surface area contributed by atoms with Crippen LogP contribution in [-0.2, 0) is 29.0 Å². The topological polar surface area (TPSA) is 55.3 Å². The minimum atomic E-state index is -0.210. The number of benzene rings is 2. The van der Waals surface area contributed by atoms with Gasteiger partial charge in [-0.15, -0.1) is 0 Å². The van der Waals surface area contributed by atoms with E-state index in [2.05, 4.69) is 39.5 Å². The number of halogens is 1. The fourth-order valence-electron chi connectivity index (χ4n) is 4.21. The van der Waals surface area contributed by atoms with Crippen molar-refractivity contribution in [3.05, 3.63) is 71.2 Å². The summed E-state index contributed by atoms with van der Waals surface area (Å²) < 4.78 is 20.6. The summed E-state index contributed by atoms with van der Waals surface area (Å²) in [6.07, 6.45) is 1.32. The molecule has 0 aliphatic carbocycles. The molecule has 2 N–H and O–H groups in total. The second-order valence-corrected chi connectivity index (χ2v) is 7.70. The Morgan fingerprint density at radius 3 is 2.83 bits per heavy atom. The molecule has 1 aliphatic heterocycles. The number of nitrogens with one attached hydrogen (secondary N) is 2. The highest BCUT2D eigenvalue weighted by molar-refractivity contribution is 5.86. The van der Waals surface area contributed by atoms with Crippen molar-refractivity contribution < 1.29 is 13.9 Å². The number of nitrogens with zero attached hydrogens (tertiary/aromatic N) is 1. The van der Waals surface area contributed by atoms with Crippen molar-refractivity contribution in [2.24, 2.45) is 0 Å². The van der Waals surface area contributed by atoms with Crippen LogP contribution in [0.2, 0.25) is 0 Å². The van der Waals surface area contributed by atoms with E-state index < -0.39 is 0 Å². The molecule has 6 heteroatoms. The monoisotopic (exact) mass is 409 g/mol. The van der Waals surface area contributed by atoms with E-state index in [1.807, 2.05) is 19.1 Å². The molecular formula is C24H28FN3O2. The van der Waals surface area contributed by atoms with Gasteiger partial charge in [0.1, 0.15) is 5.82 Å². The molecule has 4 rings (SSSR count). The summed E-state index contributed by atoms with van der Waals surface area (Å²) in [7, 11) is 0. The van der Waals surface area contributed by atoms with Crippen LogP contribution in [0.25, 0.3) is 10.9 Å². The number of hydrogen-bond acceptors (Lipinski definition) is 4. The highest BCUT2D eigenvalue weighted by atomic mass is 19.1. The molecule has 1 atom stereocenters. The zero-order chi connectivity index (χ0) is 20.9. The fraction of sp³-hybridized carbons (Fsp3) is 0.375. The van der Waals surface area contributed by atoms with Gasteiger partial charge in [-0.25, -0.2) is 4.39 Å². The minimum absolute atomic E-state index is 0.159. The number of aromatic nitrogens is 1. The van der Waals surface area contributed by atoms with Crippen LogP contribution in [0, 0.1) is 5.82 Å². The Morgan fingerprint density at radius 1 is 1.23 bits per heavy atom. The fourth-order valence-corrected chi connectivity index (χ4v) is 4.21. The largest absolute Gasteiger partial charge is 0.466 e. The maximum absolute atomic E-state index is 13.3. The van der Waals surface area contributed by atoms with Gasteiger partial charge in [-0.05, 0) is 42.7 Å². The van der Waals surface area contributed by atoms with Crippen LogP contribution in [0.1, 0.15) is 30.2 Å². The average molecular weight is 410 g/mol. The quantitative estimate of drug-likeness (QED) is 0.442. The maximum Gasteiger partial charge on any atom is 0.307 e. The van der Waals surface area contributed by atoms with Gasteiger partial charge < -0.3 is 19.9 Å². The molecule has 0 saturated heterocycles. The van der Waals surface area contributed by atoms with E-state index >= 15 is 0 Å². The molecule has 1 aliphatic rings. The Hall–Kier alpha value is -2.70. The van der Waals surface area contributed by atoms with E-state index in [9.17, 15) is 9.18 Å². The van der Waals surface area contributed by atoms with Crippen molar-refractivity contribution >= 4 is 16.9 Å². The standard InChI is InChI=1S/C24H28FN3O2/c1-2-30-24(29)11-12-26-14-19-13-21-20-5-3-4-6-22(20)28(23(21)15-27-19)16-17-7-9-18(25)10-8-17/h3-10,19,26-27H,2,11-16H2,1H3. The van der Waals surface area contributed by atoms with Gasteiger partial charge >= 0.3 is 5.97 Å². The van der Waals surface area contributed by atoms with Crippen LogP contribution in [0.5, 0.6) is 0 Å². The lowest BCUT2D eigenvalue weighted by molar-refractivity contribution is -0.142. The second-order valence-electron chi connectivity index (χ2n) is 7.70. The number of hydrogen-bond donors (Lipinski definition) is 2. The molecule has 0 spiro atoms. The van der Waals surface area contributed by atoms with E-state index in [1.54, 1.807) is 0 Å². The van der Waals surface area contributed by atoms with Crippen LogP contribution < -0.4 is 10.6 Å². The number of rotatable bonds is 8. The third-order valence-corrected chi connectivity index (χ3v) is 5.66. The number of ether oxygens (including phenoxy) is 1. The van der Waals surface area contributed by atoms with E-state index in [1.165, 1.54) is 34.3 Å². The summed E-state index contributed by atoms with van der Waals surface area (Å²) >= 11 is 0. The molecule has 2 aromatic carbocycles.